The average molecular weight is 204 g/mol. The lowest BCUT2D eigenvalue weighted by Crippen LogP contribution is -2.50. The van der Waals surface area contributed by atoms with Crippen molar-refractivity contribution in [3.8, 4) is 0 Å². The fraction of sp³-hybridized carbons (Fsp3) is 1.00. The average Bonchev–Trinajstić information content (AvgIpc) is 2.45. The predicted molar refractivity (Wildman–Crippen MR) is 46.3 cm³/mol. The van der Waals surface area contributed by atoms with Crippen molar-refractivity contribution in [3.63, 3.8) is 0 Å². The number of hydrogen-bond donors (Lipinski definition) is 4. The molecule has 2 aliphatic rings. The van der Waals surface area contributed by atoms with Crippen LogP contribution in [0.15, 0.2) is 0 Å². The molecule has 3 atom stereocenters. The molecule has 1 saturated carbocycles. The van der Waals surface area contributed by atoms with E-state index in [-0.39, 0.29) is 13.0 Å². The molecule has 0 amide bonds. The lowest BCUT2D eigenvalue weighted by Gasteiger charge is -2.28. The number of aliphatic hydroxyl groups excluding tert-OH is 1. The minimum absolute atomic E-state index is 0.0583. The molecule has 82 valence electrons. The summed E-state index contributed by atoms with van der Waals surface area (Å²) >= 11 is 0. The molecule has 1 aliphatic heterocycles. The van der Waals surface area contributed by atoms with Gasteiger partial charge in [0, 0.05) is 11.8 Å². The highest BCUT2D eigenvalue weighted by atomic mass is 16.6. The summed E-state index contributed by atoms with van der Waals surface area (Å²) < 4.78 is 5.09. The summed E-state index contributed by atoms with van der Waals surface area (Å²) in [5, 5.41) is 38.7. The second-order valence-electron chi connectivity index (χ2n) is 4.83. The summed E-state index contributed by atoms with van der Waals surface area (Å²) in [6, 6.07) is 0. The van der Waals surface area contributed by atoms with Crippen LogP contribution < -0.4 is 0 Å². The van der Waals surface area contributed by atoms with Crippen molar-refractivity contribution in [3.05, 3.63) is 0 Å². The van der Waals surface area contributed by atoms with Gasteiger partial charge in [-0.05, 0) is 0 Å². The van der Waals surface area contributed by atoms with Gasteiger partial charge in [0.1, 0.15) is 11.7 Å². The molecule has 5 nitrogen and oxygen atoms in total. The summed E-state index contributed by atoms with van der Waals surface area (Å²) in [5.74, 6) is -2.04. The van der Waals surface area contributed by atoms with Crippen molar-refractivity contribution >= 4 is 0 Å². The Balaban J connectivity index is 2.26. The number of rotatable bonds is 1. The number of hydrogen-bond acceptors (Lipinski definition) is 5. The van der Waals surface area contributed by atoms with Crippen LogP contribution in [0.1, 0.15) is 20.3 Å². The standard InChI is InChI=1S/C9H16O5/c1-7(2)5(10)9(7,13)6-8(11,12)3-4-14-6/h5-6,10-13H,3-4H2,1-2H3/t5-,6+,9-/m0/s1. The Morgan fingerprint density at radius 2 is 1.71 bits per heavy atom. The van der Waals surface area contributed by atoms with Crippen LogP contribution in [0.3, 0.4) is 0 Å². The van der Waals surface area contributed by atoms with E-state index >= 15 is 0 Å². The second-order valence-corrected chi connectivity index (χ2v) is 4.83. The number of aliphatic hydroxyl groups is 4. The second kappa shape index (κ2) is 2.48. The van der Waals surface area contributed by atoms with Crippen molar-refractivity contribution in [2.24, 2.45) is 5.41 Å². The summed E-state index contributed by atoms with van der Waals surface area (Å²) in [6.45, 7) is 3.51. The molecule has 0 radical (unpaired) electrons. The van der Waals surface area contributed by atoms with Crippen LogP contribution in [0.4, 0.5) is 0 Å². The van der Waals surface area contributed by atoms with Crippen molar-refractivity contribution < 1.29 is 25.2 Å². The molecule has 1 heterocycles. The highest BCUT2D eigenvalue weighted by molar-refractivity contribution is 5.26. The van der Waals surface area contributed by atoms with Crippen molar-refractivity contribution in [2.45, 2.75) is 43.9 Å². The van der Waals surface area contributed by atoms with E-state index in [9.17, 15) is 20.4 Å². The van der Waals surface area contributed by atoms with Crippen LogP contribution in [0.25, 0.3) is 0 Å². The van der Waals surface area contributed by atoms with Gasteiger partial charge >= 0.3 is 0 Å². The number of ether oxygens (including phenoxy) is 1. The van der Waals surface area contributed by atoms with Gasteiger partial charge in [-0.15, -0.1) is 0 Å². The maximum Gasteiger partial charge on any atom is 0.194 e. The molecule has 1 aliphatic carbocycles. The molecular weight excluding hydrogens is 188 g/mol. The molecule has 14 heavy (non-hydrogen) atoms. The summed E-state index contributed by atoms with van der Waals surface area (Å²) in [7, 11) is 0. The summed E-state index contributed by atoms with van der Waals surface area (Å²) in [5.41, 5.74) is -2.30. The smallest absolute Gasteiger partial charge is 0.194 e. The van der Waals surface area contributed by atoms with Crippen LogP contribution in [0.2, 0.25) is 0 Å². The molecule has 0 bridgehead atoms. The Morgan fingerprint density at radius 3 is 2.00 bits per heavy atom. The van der Waals surface area contributed by atoms with E-state index in [2.05, 4.69) is 0 Å². The topological polar surface area (TPSA) is 90.2 Å². The molecule has 0 aromatic rings. The van der Waals surface area contributed by atoms with E-state index in [0.29, 0.717) is 0 Å². The van der Waals surface area contributed by atoms with E-state index in [0.717, 1.165) is 0 Å². The fourth-order valence-corrected chi connectivity index (χ4v) is 2.30. The fourth-order valence-electron chi connectivity index (χ4n) is 2.30. The highest BCUT2D eigenvalue weighted by Gasteiger charge is 2.78. The zero-order valence-corrected chi connectivity index (χ0v) is 8.27. The van der Waals surface area contributed by atoms with Crippen LogP contribution in [-0.4, -0.2) is 50.6 Å². The maximum atomic E-state index is 10.1. The van der Waals surface area contributed by atoms with E-state index in [1.165, 1.54) is 0 Å². The van der Waals surface area contributed by atoms with E-state index in [4.69, 9.17) is 4.74 Å². The van der Waals surface area contributed by atoms with E-state index < -0.39 is 29.0 Å². The van der Waals surface area contributed by atoms with E-state index in [1.54, 1.807) is 13.8 Å². The largest absolute Gasteiger partial charge is 0.389 e. The Kier molecular flexibility index (Phi) is 1.83. The zero-order chi connectivity index (χ0) is 10.8. The molecule has 1 saturated heterocycles. The molecule has 4 N–H and O–H groups in total. The van der Waals surface area contributed by atoms with Crippen LogP contribution in [-0.2, 0) is 4.74 Å². The normalized spacial score (nSPS) is 49.3. The quantitative estimate of drug-likeness (QED) is 0.394. The summed E-state index contributed by atoms with van der Waals surface area (Å²) in [6.07, 6.45) is -2.04. The minimum atomic E-state index is -2.04. The van der Waals surface area contributed by atoms with E-state index in [1.807, 2.05) is 0 Å². The molecular formula is C9H16O5. The third-order valence-electron chi connectivity index (χ3n) is 3.62. The molecule has 2 fully saturated rings. The first-order valence-electron chi connectivity index (χ1n) is 4.71. The lowest BCUT2D eigenvalue weighted by atomic mass is 9.96. The molecule has 5 heteroatoms. The Morgan fingerprint density at radius 1 is 1.21 bits per heavy atom. The predicted octanol–water partition coefficient (Wildman–Crippen LogP) is -1.41. The maximum absolute atomic E-state index is 10.1. The lowest BCUT2D eigenvalue weighted by molar-refractivity contribution is -0.230. The van der Waals surface area contributed by atoms with Gasteiger partial charge in [0.25, 0.3) is 0 Å². The monoisotopic (exact) mass is 204 g/mol. The first kappa shape index (κ1) is 10.3. The summed E-state index contributed by atoms with van der Waals surface area (Å²) in [4.78, 5) is 0. The van der Waals surface area contributed by atoms with Gasteiger partial charge in [-0.2, -0.15) is 0 Å². The van der Waals surface area contributed by atoms with Crippen LogP contribution in [0, 0.1) is 5.41 Å². The molecule has 0 spiro atoms. The van der Waals surface area contributed by atoms with Crippen LogP contribution >= 0.6 is 0 Å². The molecule has 0 unspecified atom stereocenters. The van der Waals surface area contributed by atoms with Gasteiger partial charge in [0.2, 0.25) is 0 Å². The Bertz CT molecular complexity index is 262. The molecule has 0 aromatic heterocycles. The van der Waals surface area contributed by atoms with Crippen LogP contribution in [0.5, 0.6) is 0 Å². The van der Waals surface area contributed by atoms with Crippen molar-refractivity contribution in [1.29, 1.82) is 0 Å². The van der Waals surface area contributed by atoms with Crippen molar-refractivity contribution in [1.82, 2.24) is 0 Å². The molecule has 0 aromatic carbocycles. The highest BCUT2D eigenvalue weighted by Crippen LogP contribution is 2.60. The first-order valence-corrected chi connectivity index (χ1v) is 4.71. The van der Waals surface area contributed by atoms with Gasteiger partial charge in [0.05, 0.1) is 12.7 Å². The Labute approximate surface area is 81.9 Å². The third-order valence-corrected chi connectivity index (χ3v) is 3.62. The Hall–Kier alpha value is -0.200. The van der Waals surface area contributed by atoms with Gasteiger partial charge in [-0.25, -0.2) is 0 Å². The minimum Gasteiger partial charge on any atom is -0.389 e. The van der Waals surface area contributed by atoms with Gasteiger partial charge in [-0.1, -0.05) is 13.8 Å². The zero-order valence-electron chi connectivity index (χ0n) is 8.27. The van der Waals surface area contributed by atoms with Gasteiger partial charge < -0.3 is 25.2 Å². The first-order chi connectivity index (χ1) is 6.24. The van der Waals surface area contributed by atoms with Gasteiger partial charge in [-0.3, -0.25) is 0 Å². The molecule has 2 rings (SSSR count). The third kappa shape index (κ3) is 0.963. The van der Waals surface area contributed by atoms with Crippen molar-refractivity contribution in [2.75, 3.05) is 6.61 Å². The van der Waals surface area contributed by atoms with Gasteiger partial charge in [0.15, 0.2) is 5.79 Å². The SMILES string of the molecule is CC1(C)[C@H](O)[C@]1(O)[C@@H]1OCCC1(O)O.